The summed E-state index contributed by atoms with van der Waals surface area (Å²) in [7, 11) is 0. The Bertz CT molecular complexity index is 452. The molecule has 0 saturated carbocycles. The molecule has 2 rings (SSSR count). The molecule has 0 radical (unpaired) electrons. The highest BCUT2D eigenvalue weighted by molar-refractivity contribution is 5.94. The molecular weight excluding hydrogens is 234 g/mol. The molecule has 5 heteroatoms. The molecule has 1 aromatic carbocycles. The fraction of sp³-hybridized carbons (Fsp3) is 0.385. The van der Waals surface area contributed by atoms with Gasteiger partial charge in [-0.25, -0.2) is 0 Å². The Balaban J connectivity index is 2.00. The first kappa shape index (κ1) is 12.6. The van der Waals surface area contributed by atoms with Gasteiger partial charge in [-0.1, -0.05) is 12.1 Å². The lowest BCUT2D eigenvalue weighted by Gasteiger charge is -2.11. The zero-order valence-electron chi connectivity index (χ0n) is 9.89. The maximum Gasteiger partial charge on any atom is 0.307 e. The van der Waals surface area contributed by atoms with Crippen LogP contribution >= 0.6 is 0 Å². The first-order valence-electron chi connectivity index (χ1n) is 5.88. The summed E-state index contributed by atoms with van der Waals surface area (Å²) in [5, 5.41) is 11.4. The van der Waals surface area contributed by atoms with E-state index in [2.05, 4.69) is 5.32 Å². The molecule has 1 aromatic rings. The van der Waals surface area contributed by atoms with Gasteiger partial charge >= 0.3 is 5.97 Å². The van der Waals surface area contributed by atoms with E-state index >= 15 is 0 Å². The molecule has 1 amide bonds. The molecule has 1 saturated heterocycles. The number of carbonyl (C=O) groups is 2. The summed E-state index contributed by atoms with van der Waals surface area (Å²) < 4.78 is 5.28. The number of carboxylic acids is 1. The van der Waals surface area contributed by atoms with E-state index in [9.17, 15) is 9.59 Å². The van der Waals surface area contributed by atoms with E-state index in [0.29, 0.717) is 17.9 Å². The van der Waals surface area contributed by atoms with Crippen LogP contribution in [0.1, 0.15) is 18.4 Å². The van der Waals surface area contributed by atoms with Crippen LogP contribution in [0.15, 0.2) is 24.3 Å². The minimum Gasteiger partial charge on any atom is -0.481 e. The third-order valence-corrected chi connectivity index (χ3v) is 2.77. The van der Waals surface area contributed by atoms with Crippen molar-refractivity contribution in [2.75, 3.05) is 11.9 Å². The van der Waals surface area contributed by atoms with Crippen LogP contribution < -0.4 is 5.32 Å². The number of hydrogen-bond donors (Lipinski definition) is 2. The van der Waals surface area contributed by atoms with E-state index in [1.807, 2.05) is 0 Å². The van der Waals surface area contributed by atoms with Crippen molar-refractivity contribution in [3.63, 3.8) is 0 Å². The molecule has 0 bridgehead atoms. The number of carbonyl (C=O) groups excluding carboxylic acids is 1. The largest absolute Gasteiger partial charge is 0.481 e. The molecule has 2 N–H and O–H groups in total. The molecule has 1 aliphatic heterocycles. The van der Waals surface area contributed by atoms with E-state index in [0.717, 1.165) is 12.8 Å². The van der Waals surface area contributed by atoms with Crippen LogP contribution in [0, 0.1) is 0 Å². The first-order chi connectivity index (χ1) is 8.65. The van der Waals surface area contributed by atoms with Crippen LogP contribution in [0.2, 0.25) is 0 Å². The van der Waals surface area contributed by atoms with E-state index in [1.165, 1.54) is 0 Å². The van der Waals surface area contributed by atoms with Gasteiger partial charge in [0.2, 0.25) is 0 Å². The van der Waals surface area contributed by atoms with Crippen LogP contribution in [0.3, 0.4) is 0 Å². The molecule has 96 valence electrons. The average molecular weight is 249 g/mol. The van der Waals surface area contributed by atoms with E-state index < -0.39 is 5.97 Å². The second-order valence-electron chi connectivity index (χ2n) is 4.26. The molecule has 1 fully saturated rings. The number of ether oxygens (including phenoxy) is 1. The summed E-state index contributed by atoms with van der Waals surface area (Å²) in [6.45, 7) is 0.622. The van der Waals surface area contributed by atoms with Gasteiger partial charge in [0.05, 0.1) is 6.42 Å². The highest BCUT2D eigenvalue weighted by Crippen LogP contribution is 2.16. The summed E-state index contributed by atoms with van der Waals surface area (Å²) in [6.07, 6.45) is 1.20. The number of carboxylic acid groups (broad SMARTS) is 1. The Morgan fingerprint density at radius 1 is 1.44 bits per heavy atom. The molecule has 1 aliphatic rings. The molecule has 0 spiro atoms. The normalized spacial score (nSPS) is 18.6. The summed E-state index contributed by atoms with van der Waals surface area (Å²) in [5.41, 5.74) is 1.27. The summed E-state index contributed by atoms with van der Waals surface area (Å²) in [6, 6.07) is 6.85. The lowest BCUT2D eigenvalue weighted by atomic mass is 10.1. The molecular formula is C13H15NO4. The van der Waals surface area contributed by atoms with Gasteiger partial charge < -0.3 is 15.2 Å². The summed E-state index contributed by atoms with van der Waals surface area (Å²) >= 11 is 0. The average Bonchev–Trinajstić information content (AvgIpc) is 2.81. The Kier molecular flexibility index (Phi) is 3.94. The summed E-state index contributed by atoms with van der Waals surface area (Å²) in [5.74, 6) is -1.06. The Morgan fingerprint density at radius 3 is 2.94 bits per heavy atom. The first-order valence-corrected chi connectivity index (χ1v) is 5.88. The highest BCUT2D eigenvalue weighted by atomic mass is 16.5. The second kappa shape index (κ2) is 5.64. The van der Waals surface area contributed by atoms with Gasteiger partial charge in [-0.2, -0.15) is 0 Å². The molecule has 0 aromatic heterocycles. The molecule has 5 nitrogen and oxygen atoms in total. The minimum atomic E-state index is -0.891. The van der Waals surface area contributed by atoms with Crippen molar-refractivity contribution >= 4 is 17.6 Å². The van der Waals surface area contributed by atoms with Crippen molar-refractivity contribution in [3.05, 3.63) is 29.8 Å². The van der Waals surface area contributed by atoms with Gasteiger partial charge in [0.1, 0.15) is 6.10 Å². The fourth-order valence-electron chi connectivity index (χ4n) is 1.94. The molecule has 1 heterocycles. The Hall–Kier alpha value is -1.88. The number of anilines is 1. The molecule has 1 atom stereocenters. The van der Waals surface area contributed by atoms with Gasteiger partial charge in [-0.05, 0) is 30.5 Å². The molecule has 0 aliphatic carbocycles. The van der Waals surface area contributed by atoms with Crippen LogP contribution in [0.4, 0.5) is 5.69 Å². The van der Waals surface area contributed by atoms with E-state index in [4.69, 9.17) is 9.84 Å². The third kappa shape index (κ3) is 3.30. The van der Waals surface area contributed by atoms with Gasteiger partial charge in [-0.3, -0.25) is 9.59 Å². The van der Waals surface area contributed by atoms with E-state index in [-0.39, 0.29) is 18.4 Å². The van der Waals surface area contributed by atoms with Crippen LogP contribution in [0.25, 0.3) is 0 Å². The van der Waals surface area contributed by atoms with Crippen LogP contribution in [-0.2, 0) is 20.7 Å². The van der Waals surface area contributed by atoms with Gasteiger partial charge in [0.25, 0.3) is 5.91 Å². The topological polar surface area (TPSA) is 75.6 Å². The number of nitrogens with one attached hydrogen (secondary N) is 1. The highest BCUT2D eigenvalue weighted by Gasteiger charge is 2.23. The van der Waals surface area contributed by atoms with Crippen molar-refractivity contribution in [1.82, 2.24) is 0 Å². The quantitative estimate of drug-likeness (QED) is 0.846. The maximum atomic E-state index is 11.8. The standard InChI is InChI=1S/C13H15NO4/c15-12(16)8-9-3-1-4-10(7-9)14-13(17)11-5-2-6-18-11/h1,3-4,7,11H,2,5-6,8H2,(H,14,17)(H,15,16)/t11-/m0/s1. The lowest BCUT2D eigenvalue weighted by molar-refractivity contribution is -0.136. The Morgan fingerprint density at radius 2 is 2.28 bits per heavy atom. The fourth-order valence-corrected chi connectivity index (χ4v) is 1.94. The zero-order chi connectivity index (χ0) is 13.0. The maximum absolute atomic E-state index is 11.8. The predicted molar refractivity (Wildman–Crippen MR) is 65.4 cm³/mol. The van der Waals surface area contributed by atoms with Gasteiger partial charge in [0.15, 0.2) is 0 Å². The summed E-state index contributed by atoms with van der Waals surface area (Å²) in [4.78, 5) is 22.4. The lowest BCUT2D eigenvalue weighted by Crippen LogP contribution is -2.26. The van der Waals surface area contributed by atoms with Gasteiger partial charge in [0, 0.05) is 12.3 Å². The third-order valence-electron chi connectivity index (χ3n) is 2.77. The van der Waals surface area contributed by atoms with E-state index in [1.54, 1.807) is 24.3 Å². The minimum absolute atomic E-state index is 0.0519. The zero-order valence-corrected chi connectivity index (χ0v) is 9.89. The van der Waals surface area contributed by atoms with Crippen molar-refractivity contribution in [2.45, 2.75) is 25.4 Å². The second-order valence-corrected chi connectivity index (χ2v) is 4.26. The number of hydrogen-bond acceptors (Lipinski definition) is 3. The number of rotatable bonds is 4. The SMILES string of the molecule is O=C(O)Cc1cccc(NC(=O)[C@@H]2CCCO2)c1. The van der Waals surface area contributed by atoms with Crippen molar-refractivity contribution in [2.24, 2.45) is 0 Å². The van der Waals surface area contributed by atoms with Crippen LogP contribution in [0.5, 0.6) is 0 Å². The smallest absolute Gasteiger partial charge is 0.307 e. The monoisotopic (exact) mass is 249 g/mol. The van der Waals surface area contributed by atoms with Gasteiger partial charge in [-0.15, -0.1) is 0 Å². The predicted octanol–water partition coefficient (Wildman–Crippen LogP) is 1.43. The molecule has 0 unspecified atom stereocenters. The number of aliphatic carboxylic acids is 1. The number of amides is 1. The number of benzene rings is 1. The van der Waals surface area contributed by atoms with Crippen LogP contribution in [-0.4, -0.2) is 29.7 Å². The van der Waals surface area contributed by atoms with Crippen molar-refractivity contribution in [1.29, 1.82) is 0 Å². The Labute approximate surface area is 105 Å². The van der Waals surface area contributed by atoms with Crippen molar-refractivity contribution < 1.29 is 19.4 Å². The molecule has 18 heavy (non-hydrogen) atoms. The van der Waals surface area contributed by atoms with Crippen molar-refractivity contribution in [3.8, 4) is 0 Å².